The second-order valence-electron chi connectivity index (χ2n) is 7.95. The van der Waals surface area contributed by atoms with E-state index < -0.39 is 11.7 Å². The van der Waals surface area contributed by atoms with Crippen LogP contribution in [0.1, 0.15) is 31.0 Å². The van der Waals surface area contributed by atoms with Gasteiger partial charge >= 0.3 is 6.18 Å². The van der Waals surface area contributed by atoms with Gasteiger partial charge < -0.3 is 19.9 Å². The lowest BCUT2D eigenvalue weighted by atomic mass is 9.89. The molecule has 1 amide bonds. The third kappa shape index (κ3) is 3.96. The highest BCUT2D eigenvalue weighted by molar-refractivity contribution is 6.04. The highest BCUT2D eigenvalue weighted by atomic mass is 19.4. The van der Waals surface area contributed by atoms with Crippen molar-refractivity contribution in [3.8, 4) is 5.75 Å². The fraction of sp³-hybridized carbons (Fsp3) is 0.500. The predicted octanol–water partition coefficient (Wildman–Crippen LogP) is 3.02. The fourth-order valence-electron chi connectivity index (χ4n) is 3.79. The molecule has 166 valence electrons. The largest absolute Gasteiger partial charge is 0.489 e. The molecular weight excluding hydrogens is 413 g/mol. The van der Waals surface area contributed by atoms with E-state index >= 15 is 0 Å². The average molecular weight is 436 g/mol. The molecule has 0 spiro atoms. The van der Waals surface area contributed by atoms with E-state index in [1.54, 1.807) is 11.9 Å². The molecular formula is C20H23F3N6O2. The molecule has 0 saturated heterocycles. The molecule has 1 atom stereocenters. The summed E-state index contributed by atoms with van der Waals surface area (Å²) in [4.78, 5) is 28.5. The van der Waals surface area contributed by atoms with Crippen molar-refractivity contribution < 1.29 is 22.7 Å². The number of amides is 1. The molecule has 1 saturated carbocycles. The topological polar surface area (TPSA) is 83.5 Å². The van der Waals surface area contributed by atoms with Crippen molar-refractivity contribution in [1.29, 1.82) is 0 Å². The first kappa shape index (κ1) is 21.1. The summed E-state index contributed by atoms with van der Waals surface area (Å²) in [5.41, 5.74) is 0.533. The van der Waals surface area contributed by atoms with Crippen molar-refractivity contribution in [2.75, 3.05) is 29.2 Å². The fourth-order valence-corrected chi connectivity index (χ4v) is 3.79. The summed E-state index contributed by atoms with van der Waals surface area (Å²) in [5.74, 6) is 1.20. The van der Waals surface area contributed by atoms with Gasteiger partial charge in [-0.2, -0.15) is 18.2 Å². The summed E-state index contributed by atoms with van der Waals surface area (Å²) < 4.78 is 44.1. The van der Waals surface area contributed by atoms with Crippen LogP contribution in [-0.4, -0.2) is 53.1 Å². The molecule has 8 nitrogen and oxygen atoms in total. The number of carbonyl (C=O) groups is 1. The highest BCUT2D eigenvalue weighted by Gasteiger charge is 2.36. The zero-order valence-electron chi connectivity index (χ0n) is 17.6. The summed E-state index contributed by atoms with van der Waals surface area (Å²) in [5, 5.41) is 3.25. The van der Waals surface area contributed by atoms with Gasteiger partial charge in [0.15, 0.2) is 5.82 Å². The lowest BCUT2D eigenvalue weighted by Gasteiger charge is -2.38. The quantitative estimate of drug-likeness (QED) is 0.789. The number of aryl methyl sites for hydroxylation is 1. The number of aromatic nitrogens is 3. The number of pyridine rings is 1. The molecule has 0 radical (unpaired) electrons. The number of likely N-dealkylation sites (N-methyl/N-ethyl adjacent to an activating group) is 2. The minimum Gasteiger partial charge on any atom is -0.489 e. The highest BCUT2D eigenvalue weighted by Crippen LogP contribution is 2.37. The average Bonchev–Trinajstić information content (AvgIpc) is 2.68. The van der Waals surface area contributed by atoms with Gasteiger partial charge in [-0.15, -0.1) is 0 Å². The molecule has 1 fully saturated rings. The number of nitrogens with zero attached hydrogens (tertiary/aromatic N) is 5. The Labute approximate surface area is 177 Å². The zero-order chi connectivity index (χ0) is 22.5. The van der Waals surface area contributed by atoms with Crippen LogP contribution in [0.2, 0.25) is 0 Å². The van der Waals surface area contributed by atoms with Gasteiger partial charge in [0.05, 0.1) is 17.5 Å². The van der Waals surface area contributed by atoms with Crippen LogP contribution in [0.15, 0.2) is 18.5 Å². The molecule has 2 aromatic heterocycles. The number of fused-ring (bicyclic) bond motifs is 1. The van der Waals surface area contributed by atoms with E-state index in [1.807, 2.05) is 25.8 Å². The molecule has 1 N–H and O–H groups in total. The lowest BCUT2D eigenvalue weighted by Crippen LogP contribution is -2.50. The van der Waals surface area contributed by atoms with Gasteiger partial charge in [-0.3, -0.25) is 9.78 Å². The number of rotatable bonds is 4. The molecule has 31 heavy (non-hydrogen) atoms. The molecule has 11 heteroatoms. The Hall–Kier alpha value is -3.11. The van der Waals surface area contributed by atoms with Crippen LogP contribution in [0.4, 0.5) is 30.6 Å². The number of ether oxygens (including phenoxy) is 1. The molecule has 0 unspecified atom stereocenters. The number of hydrogen-bond donors (Lipinski definition) is 1. The van der Waals surface area contributed by atoms with Crippen molar-refractivity contribution in [1.82, 2.24) is 15.0 Å². The monoisotopic (exact) mass is 436 g/mol. The second-order valence-corrected chi connectivity index (χ2v) is 7.95. The van der Waals surface area contributed by atoms with Crippen LogP contribution in [0, 0.1) is 6.92 Å². The second kappa shape index (κ2) is 7.54. The summed E-state index contributed by atoms with van der Waals surface area (Å²) in [7, 11) is 3.53. The van der Waals surface area contributed by atoms with Crippen LogP contribution in [0.25, 0.3) is 0 Å². The van der Waals surface area contributed by atoms with Gasteiger partial charge in [-0.25, -0.2) is 4.98 Å². The van der Waals surface area contributed by atoms with E-state index in [2.05, 4.69) is 20.3 Å². The SMILES string of the molecule is Cc1nc(NC2CC(Oc3cncc(C(F)(F)F)c3)C2)nc2c1N(C)C(=O)[C@H](C)N2C. The smallest absolute Gasteiger partial charge is 0.418 e. The number of nitrogens with one attached hydrogen (secondary N) is 1. The summed E-state index contributed by atoms with van der Waals surface area (Å²) in [6.45, 7) is 3.65. The van der Waals surface area contributed by atoms with E-state index in [0.717, 1.165) is 12.3 Å². The summed E-state index contributed by atoms with van der Waals surface area (Å²) in [6, 6.07) is 0.660. The third-order valence-electron chi connectivity index (χ3n) is 5.75. The predicted molar refractivity (Wildman–Crippen MR) is 108 cm³/mol. The van der Waals surface area contributed by atoms with Gasteiger partial charge in [0, 0.05) is 39.2 Å². The van der Waals surface area contributed by atoms with Gasteiger partial charge in [-0.05, 0) is 19.9 Å². The summed E-state index contributed by atoms with van der Waals surface area (Å²) in [6.07, 6.45) is -1.42. The van der Waals surface area contributed by atoms with Gasteiger partial charge in [-0.1, -0.05) is 0 Å². The number of carbonyl (C=O) groups excluding carboxylic acids is 1. The van der Waals surface area contributed by atoms with Gasteiger partial charge in [0.1, 0.15) is 23.6 Å². The van der Waals surface area contributed by atoms with Gasteiger partial charge in [0.2, 0.25) is 11.9 Å². The number of hydrogen-bond acceptors (Lipinski definition) is 7. The molecule has 4 rings (SSSR count). The van der Waals surface area contributed by atoms with Crippen LogP contribution in [-0.2, 0) is 11.0 Å². The van der Waals surface area contributed by atoms with Crippen molar-refractivity contribution in [2.24, 2.45) is 0 Å². The Morgan fingerprint density at radius 1 is 1.19 bits per heavy atom. The third-order valence-corrected chi connectivity index (χ3v) is 5.75. The maximum Gasteiger partial charge on any atom is 0.418 e. The minimum atomic E-state index is -4.46. The first-order chi connectivity index (χ1) is 14.5. The van der Waals surface area contributed by atoms with Crippen molar-refractivity contribution in [3.05, 3.63) is 29.7 Å². The van der Waals surface area contributed by atoms with Crippen molar-refractivity contribution in [2.45, 2.75) is 51.1 Å². The molecule has 1 aliphatic carbocycles. The van der Waals surface area contributed by atoms with E-state index in [1.165, 1.54) is 6.20 Å². The maximum atomic E-state index is 12.8. The van der Waals surface area contributed by atoms with Crippen LogP contribution < -0.4 is 19.9 Å². The van der Waals surface area contributed by atoms with Crippen LogP contribution >= 0.6 is 0 Å². The number of halogens is 3. The Kier molecular flexibility index (Phi) is 5.14. The standard InChI is InChI=1S/C20H23F3N6O2/c1-10-16-17(28(3)11(2)18(30)29(16)4)27-19(25-10)26-13-6-14(7-13)31-15-5-12(8-24-9-15)20(21,22)23/h5,8-9,11,13-14H,6-7H2,1-4H3,(H,25,26,27)/t11-,13?,14?/m0/s1. The Morgan fingerprint density at radius 2 is 1.90 bits per heavy atom. The molecule has 3 heterocycles. The van der Waals surface area contributed by atoms with E-state index in [4.69, 9.17) is 4.74 Å². The van der Waals surface area contributed by atoms with Crippen molar-refractivity contribution >= 4 is 23.4 Å². The Bertz CT molecular complexity index is 1010. The summed E-state index contributed by atoms with van der Waals surface area (Å²) >= 11 is 0. The molecule has 2 aromatic rings. The maximum absolute atomic E-state index is 12.8. The first-order valence-corrected chi connectivity index (χ1v) is 9.89. The van der Waals surface area contributed by atoms with Gasteiger partial charge in [0.25, 0.3) is 0 Å². The number of anilines is 3. The minimum absolute atomic E-state index is 0.0227. The normalized spacial score (nSPS) is 23.3. The van der Waals surface area contributed by atoms with Crippen LogP contribution in [0.5, 0.6) is 5.75 Å². The van der Waals surface area contributed by atoms with E-state index in [9.17, 15) is 18.0 Å². The molecule has 0 bridgehead atoms. The van der Waals surface area contributed by atoms with Crippen molar-refractivity contribution in [3.63, 3.8) is 0 Å². The lowest BCUT2D eigenvalue weighted by molar-refractivity contribution is -0.138. The molecule has 1 aliphatic heterocycles. The zero-order valence-corrected chi connectivity index (χ0v) is 17.6. The molecule has 0 aromatic carbocycles. The Balaban J connectivity index is 1.40. The number of alkyl halides is 3. The Morgan fingerprint density at radius 3 is 2.58 bits per heavy atom. The van der Waals surface area contributed by atoms with E-state index in [-0.39, 0.29) is 29.8 Å². The first-order valence-electron chi connectivity index (χ1n) is 9.89. The van der Waals surface area contributed by atoms with Crippen LogP contribution in [0.3, 0.4) is 0 Å². The van der Waals surface area contributed by atoms with E-state index in [0.29, 0.717) is 36.0 Å². The molecule has 2 aliphatic rings.